The zero-order valence-corrected chi connectivity index (χ0v) is 10.4. The first-order valence-corrected chi connectivity index (χ1v) is 5.41. The monoisotopic (exact) mass is 240 g/mol. The van der Waals surface area contributed by atoms with E-state index in [4.69, 9.17) is 0 Å². The van der Waals surface area contributed by atoms with Crippen molar-refractivity contribution in [2.24, 2.45) is 7.05 Å². The van der Waals surface area contributed by atoms with Gasteiger partial charge in [0.1, 0.15) is 5.69 Å². The van der Waals surface area contributed by atoms with E-state index >= 15 is 0 Å². The van der Waals surface area contributed by atoms with Crippen LogP contribution in [0.15, 0.2) is 0 Å². The van der Waals surface area contributed by atoms with Gasteiger partial charge in [0, 0.05) is 20.1 Å². The van der Waals surface area contributed by atoms with Crippen LogP contribution < -0.4 is 0 Å². The number of hydrogen-bond acceptors (Lipinski definition) is 4. The molecule has 0 spiro atoms. The lowest BCUT2D eigenvalue weighted by Gasteiger charge is -2.17. The van der Waals surface area contributed by atoms with Gasteiger partial charge in [0.15, 0.2) is 0 Å². The molecule has 0 fully saturated rings. The van der Waals surface area contributed by atoms with E-state index < -0.39 is 4.92 Å². The molecule has 0 aliphatic rings. The van der Waals surface area contributed by atoms with Gasteiger partial charge in [-0.25, -0.2) is 0 Å². The van der Waals surface area contributed by atoms with Crippen LogP contribution in [0.5, 0.6) is 0 Å². The van der Waals surface area contributed by atoms with E-state index in [1.165, 1.54) is 23.6 Å². The Bertz CT molecular complexity index is 449. The fourth-order valence-electron chi connectivity index (χ4n) is 1.77. The quantitative estimate of drug-likeness (QED) is 0.583. The Labute approximate surface area is 99.2 Å². The Morgan fingerprint density at radius 1 is 1.47 bits per heavy atom. The summed E-state index contributed by atoms with van der Waals surface area (Å²) in [7, 11) is 1.54. The molecule has 17 heavy (non-hydrogen) atoms. The predicted molar refractivity (Wildman–Crippen MR) is 61.9 cm³/mol. The van der Waals surface area contributed by atoms with Gasteiger partial charge in [0.05, 0.1) is 4.92 Å². The van der Waals surface area contributed by atoms with Gasteiger partial charge in [-0.1, -0.05) is 0 Å². The molecule has 0 radical (unpaired) electrons. The number of aryl methyl sites for hydroxylation is 2. The van der Waals surface area contributed by atoms with Crippen LogP contribution in [0.1, 0.15) is 30.0 Å². The van der Waals surface area contributed by atoms with E-state index in [-0.39, 0.29) is 23.0 Å². The minimum Gasteiger partial charge on any atom is -0.338 e. The van der Waals surface area contributed by atoms with Crippen molar-refractivity contribution in [3.05, 3.63) is 21.5 Å². The van der Waals surface area contributed by atoms with Gasteiger partial charge in [-0.05, 0) is 20.8 Å². The van der Waals surface area contributed by atoms with E-state index in [9.17, 15) is 14.9 Å². The minimum atomic E-state index is -0.556. The predicted octanol–water partition coefficient (Wildman–Crippen LogP) is 1.12. The summed E-state index contributed by atoms with van der Waals surface area (Å²) < 4.78 is 1.27. The molecule has 0 aromatic carbocycles. The Morgan fingerprint density at radius 3 is 2.41 bits per heavy atom. The summed E-state index contributed by atoms with van der Waals surface area (Å²) in [6.07, 6.45) is 0. The van der Waals surface area contributed by atoms with Crippen molar-refractivity contribution in [3.8, 4) is 0 Å². The molecule has 0 saturated carbocycles. The Kier molecular flexibility index (Phi) is 3.82. The van der Waals surface area contributed by atoms with Crippen LogP contribution in [-0.2, 0) is 7.05 Å². The molecule has 7 nitrogen and oxygen atoms in total. The molecular formula is C10H16N4O3. The van der Waals surface area contributed by atoms with Gasteiger partial charge in [0.2, 0.25) is 5.69 Å². The molecule has 0 N–H and O–H groups in total. The largest absolute Gasteiger partial charge is 0.338 e. The maximum Gasteiger partial charge on any atom is 0.322 e. The first-order valence-electron chi connectivity index (χ1n) is 5.41. The van der Waals surface area contributed by atoms with E-state index in [0.29, 0.717) is 13.1 Å². The highest BCUT2D eigenvalue weighted by atomic mass is 16.6. The topological polar surface area (TPSA) is 81.3 Å². The van der Waals surface area contributed by atoms with Crippen LogP contribution in [0.3, 0.4) is 0 Å². The number of aromatic nitrogens is 2. The molecule has 94 valence electrons. The van der Waals surface area contributed by atoms with Crippen LogP contribution in [0.25, 0.3) is 0 Å². The second-order valence-corrected chi connectivity index (χ2v) is 3.64. The first-order chi connectivity index (χ1) is 7.93. The van der Waals surface area contributed by atoms with Crippen LogP contribution in [-0.4, -0.2) is 38.6 Å². The third kappa shape index (κ3) is 2.27. The van der Waals surface area contributed by atoms with Gasteiger partial charge in [0.25, 0.3) is 5.91 Å². The molecule has 1 rings (SSSR count). The highest BCUT2D eigenvalue weighted by Crippen LogP contribution is 2.23. The second kappa shape index (κ2) is 4.94. The van der Waals surface area contributed by atoms with Gasteiger partial charge in [-0.3, -0.25) is 19.6 Å². The number of rotatable bonds is 4. The lowest BCUT2D eigenvalue weighted by Crippen LogP contribution is -2.32. The van der Waals surface area contributed by atoms with Gasteiger partial charge >= 0.3 is 5.69 Å². The zero-order chi connectivity index (χ0) is 13.2. The zero-order valence-electron chi connectivity index (χ0n) is 10.4. The molecule has 0 unspecified atom stereocenters. The van der Waals surface area contributed by atoms with Crippen molar-refractivity contribution in [2.75, 3.05) is 13.1 Å². The maximum atomic E-state index is 12.1. The minimum absolute atomic E-state index is 0.0381. The van der Waals surface area contributed by atoms with Crippen molar-refractivity contribution in [1.29, 1.82) is 0 Å². The van der Waals surface area contributed by atoms with Crippen molar-refractivity contribution in [3.63, 3.8) is 0 Å². The Balaban J connectivity index is 3.30. The fraction of sp³-hybridized carbons (Fsp3) is 0.600. The standard InChI is InChI=1S/C10H16N4O3/c1-5-13(6-2)10(15)9-8(14(16)17)7(3)11-12(9)4/h5-6H2,1-4H3. The summed E-state index contributed by atoms with van der Waals surface area (Å²) in [5, 5.41) is 14.9. The summed E-state index contributed by atoms with van der Waals surface area (Å²) in [5.41, 5.74) is 0.0913. The van der Waals surface area contributed by atoms with Crippen LogP contribution in [0, 0.1) is 17.0 Å². The second-order valence-electron chi connectivity index (χ2n) is 3.64. The molecule has 1 heterocycles. The van der Waals surface area contributed by atoms with Crippen molar-refractivity contribution in [2.45, 2.75) is 20.8 Å². The summed E-state index contributed by atoms with van der Waals surface area (Å²) in [5.74, 6) is -0.357. The average molecular weight is 240 g/mol. The van der Waals surface area contributed by atoms with E-state index in [1.807, 2.05) is 13.8 Å². The molecule has 1 aromatic rings. The van der Waals surface area contributed by atoms with Crippen LogP contribution in [0.2, 0.25) is 0 Å². The molecule has 1 aromatic heterocycles. The maximum absolute atomic E-state index is 12.1. The number of carbonyl (C=O) groups excluding carboxylic acids is 1. The van der Waals surface area contributed by atoms with Crippen molar-refractivity contribution < 1.29 is 9.72 Å². The normalized spacial score (nSPS) is 10.4. The highest BCUT2D eigenvalue weighted by molar-refractivity contribution is 5.96. The summed E-state index contributed by atoms with van der Waals surface area (Å²) in [4.78, 5) is 24.0. The molecule has 0 atom stereocenters. The molecule has 7 heteroatoms. The summed E-state index contributed by atoms with van der Waals surface area (Å²) >= 11 is 0. The van der Waals surface area contributed by atoms with E-state index in [0.717, 1.165) is 0 Å². The van der Waals surface area contributed by atoms with Gasteiger partial charge in [-0.15, -0.1) is 0 Å². The SMILES string of the molecule is CCN(CC)C(=O)c1c([N+](=O)[O-])c(C)nn1C. The highest BCUT2D eigenvalue weighted by Gasteiger charge is 2.31. The van der Waals surface area contributed by atoms with Gasteiger partial charge in [-0.2, -0.15) is 5.10 Å². The first kappa shape index (κ1) is 13.1. The Hall–Kier alpha value is -1.92. The van der Waals surface area contributed by atoms with Gasteiger partial charge < -0.3 is 4.90 Å². The van der Waals surface area contributed by atoms with E-state index in [2.05, 4.69) is 5.10 Å². The number of carbonyl (C=O) groups is 1. The number of hydrogen-bond donors (Lipinski definition) is 0. The fourth-order valence-corrected chi connectivity index (χ4v) is 1.77. The lowest BCUT2D eigenvalue weighted by molar-refractivity contribution is -0.385. The lowest BCUT2D eigenvalue weighted by atomic mass is 10.2. The molecular weight excluding hydrogens is 224 g/mol. The molecule has 0 saturated heterocycles. The molecule has 0 bridgehead atoms. The third-order valence-corrected chi connectivity index (χ3v) is 2.63. The summed E-state index contributed by atoms with van der Waals surface area (Å²) in [6, 6.07) is 0. The average Bonchev–Trinajstić information content (AvgIpc) is 2.55. The smallest absolute Gasteiger partial charge is 0.322 e. The Morgan fingerprint density at radius 2 is 2.00 bits per heavy atom. The van der Waals surface area contributed by atoms with Crippen LogP contribution >= 0.6 is 0 Å². The van der Waals surface area contributed by atoms with Crippen molar-refractivity contribution in [1.82, 2.24) is 14.7 Å². The number of amides is 1. The number of nitro groups is 1. The third-order valence-electron chi connectivity index (χ3n) is 2.63. The van der Waals surface area contributed by atoms with Crippen LogP contribution in [0.4, 0.5) is 5.69 Å². The molecule has 0 aliphatic carbocycles. The summed E-state index contributed by atoms with van der Waals surface area (Å²) in [6.45, 7) is 6.21. The molecule has 1 amide bonds. The van der Waals surface area contributed by atoms with Crippen molar-refractivity contribution >= 4 is 11.6 Å². The van der Waals surface area contributed by atoms with E-state index in [1.54, 1.807) is 0 Å². The number of nitrogens with zero attached hydrogens (tertiary/aromatic N) is 4. The molecule has 0 aliphatic heterocycles.